The Bertz CT molecular complexity index is 428. The van der Waals surface area contributed by atoms with Gasteiger partial charge < -0.3 is 15.0 Å². The number of anilines is 1. The highest BCUT2D eigenvalue weighted by Gasteiger charge is 2.22. The molecule has 1 aromatic carbocycles. The van der Waals surface area contributed by atoms with Crippen LogP contribution >= 0.6 is 15.9 Å². The molecule has 1 saturated heterocycles. The molecule has 1 aliphatic heterocycles. The van der Waals surface area contributed by atoms with Crippen LogP contribution in [-0.4, -0.2) is 32.3 Å². The molecule has 1 N–H and O–H groups in total. The van der Waals surface area contributed by atoms with Crippen molar-refractivity contribution in [3.05, 3.63) is 28.2 Å². The van der Waals surface area contributed by atoms with Crippen LogP contribution in [0.1, 0.15) is 32.4 Å². The average Bonchev–Trinajstić information content (AvgIpc) is 2.36. The van der Waals surface area contributed by atoms with Crippen molar-refractivity contribution in [3.8, 4) is 0 Å². The van der Waals surface area contributed by atoms with Crippen molar-refractivity contribution in [2.75, 3.05) is 25.0 Å². The van der Waals surface area contributed by atoms with Gasteiger partial charge in [0.15, 0.2) is 0 Å². The van der Waals surface area contributed by atoms with Crippen LogP contribution in [0.25, 0.3) is 0 Å². The van der Waals surface area contributed by atoms with E-state index in [1.54, 1.807) is 0 Å². The number of hydrogen-bond donors (Lipinski definition) is 1. The molecule has 0 saturated carbocycles. The number of hydrogen-bond acceptors (Lipinski definition) is 3. The van der Waals surface area contributed by atoms with E-state index in [4.69, 9.17) is 4.74 Å². The summed E-state index contributed by atoms with van der Waals surface area (Å²) in [6.07, 6.45) is 0.580. The van der Waals surface area contributed by atoms with Crippen molar-refractivity contribution in [2.45, 2.75) is 39.0 Å². The summed E-state index contributed by atoms with van der Waals surface area (Å²) >= 11 is 3.69. The van der Waals surface area contributed by atoms with Gasteiger partial charge in [-0.15, -0.1) is 0 Å². The van der Waals surface area contributed by atoms with Crippen molar-refractivity contribution >= 4 is 21.6 Å². The molecule has 3 atom stereocenters. The maximum absolute atomic E-state index is 5.78. The molecule has 1 unspecified atom stereocenters. The van der Waals surface area contributed by atoms with Crippen LogP contribution in [-0.2, 0) is 4.74 Å². The molecule has 0 bridgehead atoms. The van der Waals surface area contributed by atoms with Crippen molar-refractivity contribution in [1.82, 2.24) is 5.32 Å². The van der Waals surface area contributed by atoms with E-state index in [0.29, 0.717) is 18.2 Å². The largest absolute Gasteiger partial charge is 0.372 e. The number of halogens is 1. The topological polar surface area (TPSA) is 24.5 Å². The van der Waals surface area contributed by atoms with E-state index >= 15 is 0 Å². The normalized spacial score (nSPS) is 25.4. The van der Waals surface area contributed by atoms with Crippen LogP contribution in [0.3, 0.4) is 0 Å². The van der Waals surface area contributed by atoms with Crippen LogP contribution in [0.5, 0.6) is 0 Å². The van der Waals surface area contributed by atoms with Gasteiger partial charge in [-0.25, -0.2) is 0 Å². The van der Waals surface area contributed by atoms with Crippen LogP contribution in [0.4, 0.5) is 5.69 Å². The third-order valence-corrected chi connectivity index (χ3v) is 4.36. The van der Waals surface area contributed by atoms with Crippen molar-refractivity contribution < 1.29 is 4.74 Å². The highest BCUT2D eigenvalue weighted by atomic mass is 79.9. The summed E-state index contributed by atoms with van der Waals surface area (Å²) in [5.74, 6) is 0. The molecular weight excluding hydrogens is 304 g/mol. The summed E-state index contributed by atoms with van der Waals surface area (Å²) in [5.41, 5.74) is 2.56. The molecule has 1 heterocycles. The molecule has 0 aliphatic carbocycles. The van der Waals surface area contributed by atoms with Gasteiger partial charge >= 0.3 is 0 Å². The first-order chi connectivity index (χ1) is 9.01. The molecule has 1 aromatic rings. The van der Waals surface area contributed by atoms with Gasteiger partial charge in [0.1, 0.15) is 0 Å². The lowest BCUT2D eigenvalue weighted by atomic mass is 10.1. The maximum Gasteiger partial charge on any atom is 0.0726 e. The minimum absolute atomic E-state index is 0.290. The molecule has 19 heavy (non-hydrogen) atoms. The van der Waals surface area contributed by atoms with Gasteiger partial charge in [0.05, 0.1) is 12.2 Å². The number of rotatable bonds is 3. The predicted octanol–water partition coefficient (Wildman–Crippen LogP) is 3.34. The molecule has 1 fully saturated rings. The van der Waals surface area contributed by atoms with Gasteiger partial charge in [-0.3, -0.25) is 0 Å². The van der Waals surface area contributed by atoms with Crippen LogP contribution in [0.15, 0.2) is 22.7 Å². The second-order valence-corrected chi connectivity index (χ2v) is 6.23. The van der Waals surface area contributed by atoms with Crippen LogP contribution in [0.2, 0.25) is 0 Å². The SMILES string of the molecule is CNC(C)c1ccc(N2C[C@@H](C)O[C@@H](C)C2)cc1Br. The minimum Gasteiger partial charge on any atom is -0.372 e. The first-order valence-electron chi connectivity index (χ1n) is 6.88. The third-order valence-electron chi connectivity index (χ3n) is 3.67. The van der Waals surface area contributed by atoms with E-state index in [2.05, 4.69) is 65.1 Å². The summed E-state index contributed by atoms with van der Waals surface area (Å²) in [6.45, 7) is 8.35. The fraction of sp³-hybridized carbons (Fsp3) is 0.600. The molecule has 4 heteroatoms. The zero-order chi connectivity index (χ0) is 14.0. The standard InChI is InChI=1S/C15H23BrN2O/c1-10-8-18(9-11(2)19-10)13-5-6-14(12(3)17-4)15(16)7-13/h5-7,10-12,17H,8-9H2,1-4H3/t10-,11+,12?. The van der Waals surface area contributed by atoms with Gasteiger partial charge in [-0.05, 0) is 45.5 Å². The lowest BCUT2D eigenvalue weighted by Crippen LogP contribution is -2.45. The summed E-state index contributed by atoms with van der Waals surface area (Å²) in [7, 11) is 1.98. The molecule has 0 amide bonds. The lowest BCUT2D eigenvalue weighted by Gasteiger charge is -2.37. The van der Waals surface area contributed by atoms with Crippen molar-refractivity contribution in [1.29, 1.82) is 0 Å². The number of morpholine rings is 1. The fourth-order valence-electron chi connectivity index (χ4n) is 2.61. The smallest absolute Gasteiger partial charge is 0.0726 e. The zero-order valence-electron chi connectivity index (χ0n) is 12.1. The van der Waals surface area contributed by atoms with Gasteiger partial charge in [-0.2, -0.15) is 0 Å². The number of ether oxygens (including phenoxy) is 1. The van der Waals surface area contributed by atoms with Gasteiger partial charge in [0, 0.05) is 29.3 Å². The van der Waals surface area contributed by atoms with Gasteiger partial charge in [0.2, 0.25) is 0 Å². The molecule has 106 valence electrons. The third kappa shape index (κ3) is 3.50. The number of nitrogens with zero attached hydrogens (tertiary/aromatic N) is 1. The second-order valence-electron chi connectivity index (χ2n) is 5.38. The summed E-state index contributed by atoms with van der Waals surface area (Å²) in [4.78, 5) is 2.40. The van der Waals surface area contributed by atoms with Gasteiger partial charge in [0.25, 0.3) is 0 Å². The Morgan fingerprint density at radius 3 is 2.47 bits per heavy atom. The Morgan fingerprint density at radius 2 is 1.95 bits per heavy atom. The Labute approximate surface area is 124 Å². The van der Waals surface area contributed by atoms with Crippen molar-refractivity contribution in [2.24, 2.45) is 0 Å². The molecule has 3 nitrogen and oxygen atoms in total. The van der Waals surface area contributed by atoms with Crippen molar-refractivity contribution in [3.63, 3.8) is 0 Å². The fourth-order valence-corrected chi connectivity index (χ4v) is 3.32. The Balaban J connectivity index is 2.19. The van der Waals surface area contributed by atoms with E-state index in [9.17, 15) is 0 Å². The molecular formula is C15H23BrN2O. The van der Waals surface area contributed by atoms with Crippen LogP contribution in [0, 0.1) is 0 Å². The van der Waals surface area contributed by atoms with E-state index < -0.39 is 0 Å². The second kappa shape index (κ2) is 6.25. The number of benzene rings is 1. The predicted molar refractivity (Wildman–Crippen MR) is 83.8 cm³/mol. The molecule has 0 aromatic heterocycles. The quantitative estimate of drug-likeness (QED) is 0.921. The Hall–Kier alpha value is -0.580. The molecule has 1 aliphatic rings. The van der Waals surface area contributed by atoms with Crippen LogP contribution < -0.4 is 10.2 Å². The highest BCUT2D eigenvalue weighted by Crippen LogP contribution is 2.29. The lowest BCUT2D eigenvalue weighted by molar-refractivity contribution is -0.00522. The summed E-state index contributed by atoms with van der Waals surface area (Å²) in [6, 6.07) is 6.98. The van der Waals surface area contributed by atoms with Gasteiger partial charge in [-0.1, -0.05) is 22.0 Å². The summed E-state index contributed by atoms with van der Waals surface area (Å²) in [5, 5.41) is 3.27. The summed E-state index contributed by atoms with van der Waals surface area (Å²) < 4.78 is 6.95. The first kappa shape index (κ1) is 14.8. The Morgan fingerprint density at radius 1 is 1.32 bits per heavy atom. The molecule has 2 rings (SSSR count). The minimum atomic E-state index is 0.290. The van der Waals surface area contributed by atoms with E-state index in [1.165, 1.54) is 15.7 Å². The first-order valence-corrected chi connectivity index (χ1v) is 7.67. The highest BCUT2D eigenvalue weighted by molar-refractivity contribution is 9.10. The number of nitrogens with one attached hydrogen (secondary N) is 1. The Kier molecular flexibility index (Phi) is 4.87. The monoisotopic (exact) mass is 326 g/mol. The molecule has 0 spiro atoms. The van der Waals surface area contributed by atoms with E-state index in [-0.39, 0.29) is 0 Å². The average molecular weight is 327 g/mol. The molecule has 0 radical (unpaired) electrons. The zero-order valence-corrected chi connectivity index (χ0v) is 13.7. The van der Waals surface area contributed by atoms with E-state index in [0.717, 1.165) is 13.1 Å². The van der Waals surface area contributed by atoms with E-state index in [1.807, 2.05) is 7.05 Å². The maximum atomic E-state index is 5.78.